The predicted molar refractivity (Wildman–Crippen MR) is 79.0 cm³/mol. The average molecular weight is 318 g/mol. The number of carbonyl (C=O) groups is 3. The van der Waals surface area contributed by atoms with Crippen molar-refractivity contribution < 1.29 is 24.2 Å². The van der Waals surface area contributed by atoms with Crippen LogP contribution in [0.15, 0.2) is 0 Å². The molecule has 8 heteroatoms. The standard InChI is InChI=1S/C13H22N2O5S/c1-12(2,3)20-11(19)14-6-9(16)15-8(10(17)18)7-21-13(15,4)5/h8H,6-7H2,1-5H3,(H,14,19)(H,17,18)/t8-/m0/s1. The zero-order valence-electron chi connectivity index (χ0n) is 12.9. The molecule has 1 atom stereocenters. The van der Waals surface area contributed by atoms with Gasteiger partial charge in [-0.15, -0.1) is 11.8 Å². The molecule has 7 nitrogen and oxygen atoms in total. The first-order chi connectivity index (χ1) is 9.44. The van der Waals surface area contributed by atoms with Crippen LogP contribution in [0, 0.1) is 0 Å². The van der Waals surface area contributed by atoms with Gasteiger partial charge in [0.1, 0.15) is 18.2 Å². The molecule has 1 fully saturated rings. The van der Waals surface area contributed by atoms with E-state index in [0.29, 0.717) is 5.75 Å². The van der Waals surface area contributed by atoms with Gasteiger partial charge < -0.3 is 20.1 Å². The maximum Gasteiger partial charge on any atom is 0.408 e. The van der Waals surface area contributed by atoms with E-state index in [1.807, 2.05) is 0 Å². The van der Waals surface area contributed by atoms with Crippen LogP contribution in [-0.2, 0) is 14.3 Å². The van der Waals surface area contributed by atoms with E-state index in [0.717, 1.165) is 0 Å². The molecule has 2 N–H and O–H groups in total. The average Bonchev–Trinajstić information content (AvgIpc) is 2.59. The van der Waals surface area contributed by atoms with Gasteiger partial charge in [-0.05, 0) is 34.6 Å². The van der Waals surface area contributed by atoms with Gasteiger partial charge in [0.05, 0.1) is 4.87 Å². The number of aliphatic carboxylic acids is 1. The van der Waals surface area contributed by atoms with Gasteiger partial charge in [0.15, 0.2) is 0 Å². The Morgan fingerprint density at radius 2 is 1.95 bits per heavy atom. The minimum atomic E-state index is -1.04. The summed E-state index contributed by atoms with van der Waals surface area (Å²) in [6.45, 7) is 8.43. The molecular formula is C13H22N2O5S. The molecule has 0 aromatic heterocycles. The van der Waals surface area contributed by atoms with E-state index in [1.54, 1.807) is 34.6 Å². The molecule has 0 radical (unpaired) electrons. The van der Waals surface area contributed by atoms with Crippen LogP contribution >= 0.6 is 11.8 Å². The lowest BCUT2D eigenvalue weighted by Gasteiger charge is -2.33. The van der Waals surface area contributed by atoms with E-state index in [-0.39, 0.29) is 6.54 Å². The highest BCUT2D eigenvalue weighted by Crippen LogP contribution is 2.38. The SMILES string of the molecule is CC(C)(C)OC(=O)NCC(=O)N1[C@H](C(=O)O)CSC1(C)C. The molecule has 0 unspecified atom stereocenters. The van der Waals surface area contributed by atoms with E-state index in [2.05, 4.69) is 5.32 Å². The minimum Gasteiger partial charge on any atom is -0.480 e. The first kappa shape index (κ1) is 17.6. The van der Waals surface area contributed by atoms with E-state index >= 15 is 0 Å². The Balaban J connectivity index is 2.65. The third-order valence-electron chi connectivity index (χ3n) is 2.82. The number of amides is 2. The molecule has 0 aromatic carbocycles. The van der Waals surface area contributed by atoms with Gasteiger partial charge in [-0.3, -0.25) is 4.79 Å². The second kappa shape index (κ2) is 6.13. The molecule has 1 saturated heterocycles. The summed E-state index contributed by atoms with van der Waals surface area (Å²) in [6.07, 6.45) is -0.701. The third kappa shape index (κ3) is 4.80. The van der Waals surface area contributed by atoms with Crippen LogP contribution in [0.5, 0.6) is 0 Å². The summed E-state index contributed by atoms with van der Waals surface area (Å²) in [4.78, 5) is 35.7. The predicted octanol–water partition coefficient (Wildman–Crippen LogP) is 1.28. The number of hydrogen-bond acceptors (Lipinski definition) is 5. The molecule has 1 rings (SSSR count). The largest absolute Gasteiger partial charge is 0.480 e. The van der Waals surface area contributed by atoms with Crippen molar-refractivity contribution in [3.8, 4) is 0 Å². The van der Waals surface area contributed by atoms with Crippen molar-refractivity contribution in [1.29, 1.82) is 0 Å². The number of carboxylic acid groups (broad SMARTS) is 1. The van der Waals surface area contributed by atoms with Gasteiger partial charge >= 0.3 is 12.1 Å². The van der Waals surface area contributed by atoms with Crippen molar-refractivity contribution >= 4 is 29.7 Å². The van der Waals surface area contributed by atoms with Crippen LogP contribution in [0.4, 0.5) is 4.79 Å². The first-order valence-corrected chi connectivity index (χ1v) is 7.58. The smallest absolute Gasteiger partial charge is 0.408 e. The molecule has 0 spiro atoms. The molecule has 0 aliphatic carbocycles. The van der Waals surface area contributed by atoms with Crippen molar-refractivity contribution in [2.75, 3.05) is 12.3 Å². The highest BCUT2D eigenvalue weighted by atomic mass is 32.2. The van der Waals surface area contributed by atoms with Crippen molar-refractivity contribution in [3.63, 3.8) is 0 Å². The maximum absolute atomic E-state index is 12.2. The topological polar surface area (TPSA) is 95.9 Å². The third-order valence-corrected chi connectivity index (χ3v) is 4.21. The zero-order chi connectivity index (χ0) is 16.4. The maximum atomic E-state index is 12.2. The number of carboxylic acids is 1. The number of nitrogens with zero attached hydrogens (tertiary/aromatic N) is 1. The number of carbonyl (C=O) groups excluding carboxylic acids is 2. The Morgan fingerprint density at radius 3 is 2.43 bits per heavy atom. The number of thioether (sulfide) groups is 1. The zero-order valence-corrected chi connectivity index (χ0v) is 13.7. The van der Waals surface area contributed by atoms with E-state index in [1.165, 1.54) is 16.7 Å². The molecule has 1 heterocycles. The van der Waals surface area contributed by atoms with Crippen molar-refractivity contribution in [2.45, 2.75) is 51.1 Å². The van der Waals surface area contributed by atoms with Crippen LogP contribution in [0.3, 0.4) is 0 Å². The molecule has 21 heavy (non-hydrogen) atoms. The number of hydrogen-bond donors (Lipinski definition) is 2. The fourth-order valence-electron chi connectivity index (χ4n) is 2.01. The normalized spacial score (nSPS) is 21.0. The number of rotatable bonds is 3. The van der Waals surface area contributed by atoms with E-state index in [4.69, 9.17) is 4.74 Å². The molecule has 2 amide bonds. The highest BCUT2D eigenvalue weighted by molar-refractivity contribution is 8.00. The van der Waals surface area contributed by atoms with Gasteiger partial charge in [0.25, 0.3) is 0 Å². The second-order valence-corrected chi connectivity index (χ2v) is 7.85. The van der Waals surface area contributed by atoms with Crippen LogP contribution in [-0.4, -0.2) is 56.8 Å². The van der Waals surface area contributed by atoms with Crippen LogP contribution in [0.2, 0.25) is 0 Å². The number of ether oxygens (including phenoxy) is 1. The monoisotopic (exact) mass is 318 g/mol. The highest BCUT2D eigenvalue weighted by Gasteiger charge is 2.46. The quantitative estimate of drug-likeness (QED) is 0.813. The summed E-state index contributed by atoms with van der Waals surface area (Å²) in [5.74, 6) is -1.15. The van der Waals surface area contributed by atoms with Gasteiger partial charge in [-0.2, -0.15) is 0 Å². The summed E-state index contributed by atoms with van der Waals surface area (Å²) < 4.78 is 5.03. The lowest BCUT2D eigenvalue weighted by Crippen LogP contribution is -2.53. The summed E-state index contributed by atoms with van der Waals surface area (Å²) in [5.41, 5.74) is -0.653. The van der Waals surface area contributed by atoms with Crippen molar-refractivity contribution in [2.24, 2.45) is 0 Å². The molecule has 0 aromatic rings. The lowest BCUT2D eigenvalue weighted by molar-refractivity contribution is -0.150. The Hall–Kier alpha value is -1.44. The van der Waals surface area contributed by atoms with Crippen molar-refractivity contribution in [1.82, 2.24) is 10.2 Å². The summed E-state index contributed by atoms with van der Waals surface area (Å²) in [6, 6.07) is -0.877. The van der Waals surface area contributed by atoms with Gasteiger partial charge in [0.2, 0.25) is 5.91 Å². The fourth-order valence-corrected chi connectivity index (χ4v) is 3.23. The molecule has 1 aliphatic rings. The number of nitrogens with one attached hydrogen (secondary N) is 1. The van der Waals surface area contributed by atoms with E-state index in [9.17, 15) is 19.5 Å². The Kier molecular flexibility index (Phi) is 5.14. The first-order valence-electron chi connectivity index (χ1n) is 6.60. The summed E-state index contributed by atoms with van der Waals surface area (Å²) in [5, 5.41) is 11.5. The van der Waals surface area contributed by atoms with Gasteiger partial charge in [0, 0.05) is 5.75 Å². The molecular weight excluding hydrogens is 296 g/mol. The van der Waals surface area contributed by atoms with Gasteiger partial charge in [-0.25, -0.2) is 9.59 Å². The van der Waals surface area contributed by atoms with Crippen LogP contribution < -0.4 is 5.32 Å². The Labute approximate surface area is 128 Å². The fraction of sp³-hybridized carbons (Fsp3) is 0.769. The molecule has 0 bridgehead atoms. The molecule has 120 valence electrons. The molecule has 0 saturated carbocycles. The lowest BCUT2D eigenvalue weighted by atomic mass is 10.2. The van der Waals surface area contributed by atoms with E-state index < -0.39 is 34.5 Å². The van der Waals surface area contributed by atoms with Gasteiger partial charge in [-0.1, -0.05) is 0 Å². The van der Waals surface area contributed by atoms with Crippen LogP contribution in [0.1, 0.15) is 34.6 Å². The molecule has 1 aliphatic heterocycles. The summed E-state index contributed by atoms with van der Waals surface area (Å²) >= 11 is 1.40. The minimum absolute atomic E-state index is 0.289. The second-order valence-electron chi connectivity index (χ2n) is 6.23. The Bertz CT molecular complexity index is 444. The number of alkyl carbamates (subject to hydrolysis) is 1. The summed E-state index contributed by atoms with van der Waals surface area (Å²) in [7, 11) is 0. The van der Waals surface area contributed by atoms with Crippen molar-refractivity contribution in [3.05, 3.63) is 0 Å². The van der Waals surface area contributed by atoms with Crippen LogP contribution in [0.25, 0.3) is 0 Å². The Morgan fingerprint density at radius 1 is 1.38 bits per heavy atom.